The zero-order valence-electron chi connectivity index (χ0n) is 16.4. The Labute approximate surface area is 160 Å². The molecule has 1 saturated heterocycles. The van der Waals surface area contributed by atoms with Gasteiger partial charge in [0.2, 0.25) is 5.95 Å². The summed E-state index contributed by atoms with van der Waals surface area (Å²) in [6.45, 7) is 10.3. The summed E-state index contributed by atoms with van der Waals surface area (Å²) in [5.74, 6) is 1.79. The minimum atomic E-state index is -0.910. The predicted molar refractivity (Wildman–Crippen MR) is 105 cm³/mol. The lowest BCUT2D eigenvalue weighted by Gasteiger charge is -2.38. The number of hydrogen-bond donors (Lipinski definition) is 1. The highest BCUT2D eigenvalue weighted by Gasteiger charge is 2.25. The fraction of sp³-hybridized carbons (Fsp3) is 0.524. The van der Waals surface area contributed by atoms with Crippen molar-refractivity contribution < 1.29 is 9.84 Å². The van der Waals surface area contributed by atoms with Crippen molar-refractivity contribution in [3.63, 3.8) is 0 Å². The normalized spacial score (nSPS) is 18.9. The van der Waals surface area contributed by atoms with Crippen molar-refractivity contribution in [3.05, 3.63) is 47.3 Å². The maximum Gasteiger partial charge on any atom is 0.225 e. The lowest BCUT2D eigenvalue weighted by Crippen LogP contribution is -2.47. The molecule has 1 atom stereocenters. The maximum absolute atomic E-state index is 10.0. The van der Waals surface area contributed by atoms with Gasteiger partial charge in [0.15, 0.2) is 0 Å². The monoisotopic (exact) mass is 368 g/mol. The van der Waals surface area contributed by atoms with E-state index in [9.17, 15) is 5.11 Å². The van der Waals surface area contributed by atoms with Crippen LogP contribution in [0.2, 0.25) is 0 Å². The third-order valence-electron chi connectivity index (χ3n) is 5.69. The van der Waals surface area contributed by atoms with Crippen LogP contribution in [0.1, 0.15) is 43.5 Å². The van der Waals surface area contributed by atoms with Crippen LogP contribution in [0, 0.1) is 0 Å². The van der Waals surface area contributed by atoms with Crippen molar-refractivity contribution in [1.29, 1.82) is 0 Å². The number of anilines is 1. The molecule has 1 aromatic carbocycles. The van der Waals surface area contributed by atoms with Crippen LogP contribution >= 0.6 is 0 Å². The lowest BCUT2D eigenvalue weighted by molar-refractivity contribution is 0.0778. The van der Waals surface area contributed by atoms with E-state index in [0.717, 1.165) is 56.5 Å². The molecule has 0 saturated carbocycles. The summed E-state index contributed by atoms with van der Waals surface area (Å²) in [5.41, 5.74) is 2.46. The molecule has 3 heterocycles. The van der Waals surface area contributed by atoms with Crippen LogP contribution in [0.15, 0.2) is 30.6 Å². The number of aromatic nitrogens is 2. The molecule has 1 fully saturated rings. The van der Waals surface area contributed by atoms with Crippen LogP contribution in [0.4, 0.5) is 5.95 Å². The average Bonchev–Trinajstić information content (AvgIpc) is 3.15. The van der Waals surface area contributed by atoms with Crippen LogP contribution in [0.25, 0.3) is 0 Å². The zero-order valence-corrected chi connectivity index (χ0v) is 16.4. The van der Waals surface area contributed by atoms with Gasteiger partial charge in [-0.1, -0.05) is 12.1 Å². The van der Waals surface area contributed by atoms with Gasteiger partial charge in [0.1, 0.15) is 5.75 Å². The molecule has 2 aromatic rings. The molecular weight excluding hydrogens is 340 g/mol. The van der Waals surface area contributed by atoms with Crippen molar-refractivity contribution in [2.45, 2.75) is 38.8 Å². The Balaban J connectivity index is 1.38. The molecule has 0 bridgehead atoms. The molecule has 0 spiro atoms. The number of piperazine rings is 1. The summed E-state index contributed by atoms with van der Waals surface area (Å²) in [6.07, 6.45) is 4.47. The first-order chi connectivity index (χ1) is 12.9. The second-order valence-electron chi connectivity index (χ2n) is 8.00. The Morgan fingerprint density at radius 2 is 1.81 bits per heavy atom. The number of aliphatic hydroxyl groups is 1. The first-order valence-corrected chi connectivity index (χ1v) is 9.71. The van der Waals surface area contributed by atoms with Crippen molar-refractivity contribution in [2.75, 3.05) is 37.7 Å². The van der Waals surface area contributed by atoms with Gasteiger partial charge in [-0.05, 0) is 38.0 Å². The molecule has 144 valence electrons. The third kappa shape index (κ3) is 3.77. The van der Waals surface area contributed by atoms with E-state index in [-0.39, 0.29) is 0 Å². The van der Waals surface area contributed by atoms with E-state index in [1.807, 2.05) is 0 Å². The van der Waals surface area contributed by atoms with E-state index in [1.165, 1.54) is 11.1 Å². The largest absolute Gasteiger partial charge is 0.493 e. The molecule has 27 heavy (non-hydrogen) atoms. The Bertz CT molecular complexity index is 793. The van der Waals surface area contributed by atoms with Crippen molar-refractivity contribution >= 4 is 5.95 Å². The smallest absolute Gasteiger partial charge is 0.225 e. The van der Waals surface area contributed by atoms with E-state index >= 15 is 0 Å². The quantitative estimate of drug-likeness (QED) is 0.895. The van der Waals surface area contributed by atoms with Crippen molar-refractivity contribution in [2.24, 2.45) is 0 Å². The molecule has 2 aliphatic rings. The zero-order chi connectivity index (χ0) is 19.0. The highest BCUT2D eigenvalue weighted by atomic mass is 16.5. The first kappa shape index (κ1) is 18.2. The molecule has 0 aliphatic carbocycles. The molecule has 1 N–H and O–H groups in total. The second kappa shape index (κ2) is 7.09. The van der Waals surface area contributed by atoms with E-state index in [2.05, 4.69) is 44.9 Å². The Hall–Kier alpha value is -2.18. The Morgan fingerprint density at radius 1 is 1.11 bits per heavy atom. The molecule has 1 aromatic heterocycles. The third-order valence-corrected chi connectivity index (χ3v) is 5.69. The predicted octanol–water partition coefficient (Wildman–Crippen LogP) is 2.52. The van der Waals surface area contributed by atoms with Crippen molar-refractivity contribution in [3.8, 4) is 5.75 Å². The SMILES string of the molecule is CC(c1ccc2c(c1)OCC2)N1CCN(c2ncc(C(C)(C)O)cn2)CC1. The summed E-state index contributed by atoms with van der Waals surface area (Å²) in [6, 6.07) is 7.02. The second-order valence-corrected chi connectivity index (χ2v) is 8.00. The minimum Gasteiger partial charge on any atom is -0.493 e. The molecule has 4 rings (SSSR count). The van der Waals surface area contributed by atoms with Gasteiger partial charge in [-0.3, -0.25) is 4.90 Å². The summed E-state index contributed by atoms with van der Waals surface area (Å²) < 4.78 is 5.72. The van der Waals surface area contributed by atoms with E-state index in [0.29, 0.717) is 6.04 Å². The van der Waals surface area contributed by atoms with E-state index in [1.54, 1.807) is 26.2 Å². The first-order valence-electron chi connectivity index (χ1n) is 9.71. The number of rotatable bonds is 4. The standard InChI is InChI=1S/C21H28N4O2/c1-15(17-5-4-16-6-11-27-19(16)12-17)24-7-9-25(10-8-24)20-22-13-18(14-23-20)21(2,3)26/h4-5,12-15,26H,6-11H2,1-3H3. The highest BCUT2D eigenvalue weighted by Crippen LogP contribution is 2.31. The summed E-state index contributed by atoms with van der Waals surface area (Å²) in [7, 11) is 0. The lowest BCUT2D eigenvalue weighted by atomic mass is 10.0. The van der Waals surface area contributed by atoms with Gasteiger partial charge in [0.05, 0.1) is 12.2 Å². The van der Waals surface area contributed by atoms with Crippen LogP contribution < -0.4 is 9.64 Å². The van der Waals surface area contributed by atoms with Gasteiger partial charge >= 0.3 is 0 Å². The Kier molecular flexibility index (Phi) is 4.78. The average molecular weight is 368 g/mol. The van der Waals surface area contributed by atoms with Gasteiger partial charge in [-0.2, -0.15) is 0 Å². The van der Waals surface area contributed by atoms with Gasteiger partial charge in [0.25, 0.3) is 0 Å². The minimum absolute atomic E-state index is 0.361. The molecule has 2 aliphatic heterocycles. The topological polar surface area (TPSA) is 61.7 Å². The number of ether oxygens (including phenoxy) is 1. The van der Waals surface area contributed by atoms with Crippen LogP contribution in [0.3, 0.4) is 0 Å². The fourth-order valence-electron chi connectivity index (χ4n) is 3.76. The summed E-state index contributed by atoms with van der Waals surface area (Å²) in [5, 5.41) is 10.0. The Morgan fingerprint density at radius 3 is 2.48 bits per heavy atom. The number of benzene rings is 1. The van der Waals surface area contributed by atoms with Crippen molar-refractivity contribution in [1.82, 2.24) is 14.9 Å². The van der Waals surface area contributed by atoms with Gasteiger partial charge in [-0.15, -0.1) is 0 Å². The molecule has 6 heteroatoms. The number of nitrogens with zero attached hydrogens (tertiary/aromatic N) is 4. The molecule has 0 amide bonds. The van der Waals surface area contributed by atoms with Gasteiger partial charge < -0.3 is 14.7 Å². The summed E-state index contributed by atoms with van der Waals surface area (Å²) in [4.78, 5) is 13.6. The van der Waals surface area contributed by atoms with E-state index in [4.69, 9.17) is 4.74 Å². The van der Waals surface area contributed by atoms with Gasteiger partial charge in [0, 0.05) is 56.6 Å². The molecular formula is C21H28N4O2. The molecule has 0 radical (unpaired) electrons. The highest BCUT2D eigenvalue weighted by molar-refractivity contribution is 5.41. The van der Waals surface area contributed by atoms with Crippen LogP contribution in [0.5, 0.6) is 5.75 Å². The number of hydrogen-bond acceptors (Lipinski definition) is 6. The molecule has 1 unspecified atom stereocenters. The maximum atomic E-state index is 10.0. The summed E-state index contributed by atoms with van der Waals surface area (Å²) >= 11 is 0. The number of fused-ring (bicyclic) bond motifs is 1. The van der Waals surface area contributed by atoms with Gasteiger partial charge in [-0.25, -0.2) is 9.97 Å². The fourth-order valence-corrected chi connectivity index (χ4v) is 3.76. The van der Waals surface area contributed by atoms with E-state index < -0.39 is 5.60 Å². The molecule has 6 nitrogen and oxygen atoms in total. The van der Waals surface area contributed by atoms with Crippen LogP contribution in [-0.2, 0) is 12.0 Å². The van der Waals surface area contributed by atoms with Crippen LogP contribution in [-0.4, -0.2) is 52.8 Å².